The van der Waals surface area contributed by atoms with E-state index in [1.165, 1.54) is 0 Å². The maximum Gasteiger partial charge on any atom is 0.124 e. The molecule has 0 fully saturated rings. The first kappa shape index (κ1) is 8.38. The summed E-state index contributed by atoms with van der Waals surface area (Å²) in [7, 11) is 0. The van der Waals surface area contributed by atoms with Crippen molar-refractivity contribution in [3.05, 3.63) is 23.3 Å². The number of hydrogen-bond acceptors (Lipinski definition) is 3. The Morgan fingerprint density at radius 3 is 3.08 bits per heavy atom. The first-order chi connectivity index (χ1) is 6.20. The number of ether oxygens (including phenoxy) is 1. The summed E-state index contributed by atoms with van der Waals surface area (Å²) < 4.78 is 5.44. The third-order valence-electron chi connectivity index (χ3n) is 2.50. The molecule has 0 radical (unpaired) electrons. The highest BCUT2D eigenvalue weighted by molar-refractivity contribution is 5.49. The zero-order valence-corrected chi connectivity index (χ0v) is 7.58. The molecule has 13 heavy (non-hydrogen) atoms. The van der Waals surface area contributed by atoms with Gasteiger partial charge in [-0.05, 0) is 24.6 Å². The summed E-state index contributed by atoms with van der Waals surface area (Å²) in [6.07, 6.45) is 0.817. The van der Waals surface area contributed by atoms with E-state index >= 15 is 0 Å². The molecule has 1 atom stereocenters. The number of aromatic hydroxyl groups is 1. The van der Waals surface area contributed by atoms with Crippen molar-refractivity contribution in [2.45, 2.75) is 19.4 Å². The molecule has 1 heterocycles. The number of hydrogen-bond donors (Lipinski definition) is 2. The number of phenols is 1. The van der Waals surface area contributed by atoms with Crippen molar-refractivity contribution >= 4 is 0 Å². The minimum absolute atomic E-state index is 0.00384. The van der Waals surface area contributed by atoms with E-state index in [-0.39, 0.29) is 6.04 Å². The summed E-state index contributed by atoms with van der Waals surface area (Å²) in [4.78, 5) is 0. The Bertz CT molecular complexity index is 336. The van der Waals surface area contributed by atoms with Crippen LogP contribution in [-0.2, 0) is 0 Å². The van der Waals surface area contributed by atoms with Crippen molar-refractivity contribution in [3.63, 3.8) is 0 Å². The van der Waals surface area contributed by atoms with E-state index in [0.717, 1.165) is 23.3 Å². The highest BCUT2D eigenvalue weighted by Crippen LogP contribution is 2.36. The summed E-state index contributed by atoms with van der Waals surface area (Å²) in [5.41, 5.74) is 7.71. The lowest BCUT2D eigenvalue weighted by molar-refractivity contribution is 0.267. The molecule has 0 spiro atoms. The predicted molar refractivity (Wildman–Crippen MR) is 49.9 cm³/mol. The van der Waals surface area contributed by atoms with Crippen LogP contribution >= 0.6 is 0 Å². The fraction of sp³-hybridized carbons (Fsp3) is 0.400. The van der Waals surface area contributed by atoms with Crippen molar-refractivity contribution in [3.8, 4) is 11.5 Å². The van der Waals surface area contributed by atoms with Gasteiger partial charge in [-0.2, -0.15) is 0 Å². The maximum absolute atomic E-state index is 9.48. The smallest absolute Gasteiger partial charge is 0.124 e. The summed E-state index contributed by atoms with van der Waals surface area (Å²) >= 11 is 0. The van der Waals surface area contributed by atoms with E-state index in [2.05, 4.69) is 0 Å². The highest BCUT2D eigenvalue weighted by atomic mass is 16.5. The van der Waals surface area contributed by atoms with Crippen molar-refractivity contribution in [1.29, 1.82) is 0 Å². The molecule has 3 nitrogen and oxygen atoms in total. The average Bonchev–Trinajstić information content (AvgIpc) is 2.12. The molecule has 70 valence electrons. The standard InChI is InChI=1S/C10H13NO2/c1-6-8(12)2-3-9-10(6)7(11)4-5-13-9/h2-3,7,12H,4-5,11H2,1H3. The molecule has 0 aromatic heterocycles. The Morgan fingerprint density at radius 2 is 2.31 bits per heavy atom. The number of nitrogens with two attached hydrogens (primary N) is 1. The van der Waals surface area contributed by atoms with E-state index in [1.807, 2.05) is 6.92 Å². The molecule has 0 bridgehead atoms. The molecule has 1 unspecified atom stereocenters. The van der Waals surface area contributed by atoms with Crippen LogP contribution in [0, 0.1) is 6.92 Å². The van der Waals surface area contributed by atoms with Crippen LogP contribution in [0.3, 0.4) is 0 Å². The van der Waals surface area contributed by atoms with Gasteiger partial charge < -0.3 is 15.6 Å². The van der Waals surface area contributed by atoms with Gasteiger partial charge in [0.15, 0.2) is 0 Å². The van der Waals surface area contributed by atoms with E-state index < -0.39 is 0 Å². The molecule has 1 aliphatic rings. The van der Waals surface area contributed by atoms with Crippen molar-refractivity contribution in [2.75, 3.05) is 6.61 Å². The second kappa shape index (κ2) is 2.92. The van der Waals surface area contributed by atoms with Crippen LogP contribution < -0.4 is 10.5 Å². The van der Waals surface area contributed by atoms with Crippen molar-refractivity contribution in [2.24, 2.45) is 5.73 Å². The third kappa shape index (κ3) is 1.25. The highest BCUT2D eigenvalue weighted by Gasteiger charge is 2.21. The van der Waals surface area contributed by atoms with Crippen LogP contribution in [0.15, 0.2) is 12.1 Å². The van der Waals surface area contributed by atoms with E-state index in [4.69, 9.17) is 10.5 Å². The van der Waals surface area contributed by atoms with Gasteiger partial charge in [-0.1, -0.05) is 0 Å². The Balaban J connectivity index is 2.58. The molecule has 1 aromatic carbocycles. The lowest BCUT2D eigenvalue weighted by atomic mass is 9.96. The molecule has 0 saturated heterocycles. The summed E-state index contributed by atoms with van der Waals surface area (Å²) in [5.74, 6) is 1.11. The first-order valence-corrected chi connectivity index (χ1v) is 4.41. The third-order valence-corrected chi connectivity index (χ3v) is 2.50. The monoisotopic (exact) mass is 179 g/mol. The molecular weight excluding hydrogens is 166 g/mol. The zero-order chi connectivity index (χ0) is 9.42. The summed E-state index contributed by atoms with van der Waals surface area (Å²) in [6.45, 7) is 2.53. The van der Waals surface area contributed by atoms with Gasteiger partial charge in [-0.25, -0.2) is 0 Å². The number of fused-ring (bicyclic) bond motifs is 1. The van der Waals surface area contributed by atoms with Crippen molar-refractivity contribution < 1.29 is 9.84 Å². The lowest BCUT2D eigenvalue weighted by Crippen LogP contribution is -2.21. The van der Waals surface area contributed by atoms with Gasteiger partial charge in [0, 0.05) is 18.0 Å². The molecule has 3 N–H and O–H groups in total. The van der Waals surface area contributed by atoms with Gasteiger partial charge in [0.05, 0.1) is 6.61 Å². The van der Waals surface area contributed by atoms with E-state index in [1.54, 1.807) is 12.1 Å². The maximum atomic E-state index is 9.48. The van der Waals surface area contributed by atoms with Crippen LogP contribution in [0.1, 0.15) is 23.6 Å². The fourth-order valence-electron chi connectivity index (χ4n) is 1.72. The molecule has 3 heteroatoms. The largest absolute Gasteiger partial charge is 0.508 e. The number of rotatable bonds is 0. The Labute approximate surface area is 77.1 Å². The predicted octanol–water partition coefficient (Wildman–Crippen LogP) is 1.48. The molecule has 1 aromatic rings. The van der Waals surface area contributed by atoms with Crippen LogP contribution in [-0.4, -0.2) is 11.7 Å². The van der Waals surface area contributed by atoms with E-state index in [9.17, 15) is 5.11 Å². The van der Waals surface area contributed by atoms with Crippen molar-refractivity contribution in [1.82, 2.24) is 0 Å². The Morgan fingerprint density at radius 1 is 1.54 bits per heavy atom. The minimum Gasteiger partial charge on any atom is -0.508 e. The van der Waals surface area contributed by atoms with Crippen LogP contribution in [0.5, 0.6) is 11.5 Å². The van der Waals surface area contributed by atoms with Gasteiger partial charge in [0.1, 0.15) is 11.5 Å². The quantitative estimate of drug-likeness (QED) is 0.634. The zero-order valence-electron chi connectivity index (χ0n) is 7.58. The van der Waals surface area contributed by atoms with Crippen LogP contribution in [0.25, 0.3) is 0 Å². The van der Waals surface area contributed by atoms with Gasteiger partial charge in [0.2, 0.25) is 0 Å². The molecule has 2 rings (SSSR count). The number of benzene rings is 1. The van der Waals surface area contributed by atoms with Crippen LogP contribution in [0.2, 0.25) is 0 Å². The van der Waals surface area contributed by atoms with Crippen LogP contribution in [0.4, 0.5) is 0 Å². The fourth-order valence-corrected chi connectivity index (χ4v) is 1.72. The SMILES string of the molecule is Cc1c(O)ccc2c1C(N)CCO2. The van der Waals surface area contributed by atoms with Gasteiger partial charge in [-0.3, -0.25) is 0 Å². The topological polar surface area (TPSA) is 55.5 Å². The van der Waals surface area contributed by atoms with E-state index in [0.29, 0.717) is 12.4 Å². The summed E-state index contributed by atoms with van der Waals surface area (Å²) in [5, 5.41) is 9.48. The van der Waals surface area contributed by atoms with Gasteiger partial charge in [-0.15, -0.1) is 0 Å². The summed E-state index contributed by atoms with van der Waals surface area (Å²) in [6, 6.07) is 3.42. The lowest BCUT2D eigenvalue weighted by Gasteiger charge is -2.24. The first-order valence-electron chi connectivity index (χ1n) is 4.41. The molecule has 0 aliphatic carbocycles. The normalized spacial score (nSPS) is 20.6. The molecule has 0 saturated carbocycles. The Hall–Kier alpha value is -1.22. The Kier molecular flexibility index (Phi) is 1.88. The second-order valence-electron chi connectivity index (χ2n) is 3.37. The van der Waals surface area contributed by atoms with Gasteiger partial charge >= 0.3 is 0 Å². The molecule has 0 amide bonds. The number of phenolic OH excluding ortho intramolecular Hbond substituents is 1. The second-order valence-corrected chi connectivity index (χ2v) is 3.37. The average molecular weight is 179 g/mol. The van der Waals surface area contributed by atoms with Gasteiger partial charge in [0.25, 0.3) is 0 Å². The minimum atomic E-state index is -0.00384. The molecule has 1 aliphatic heterocycles. The molecular formula is C10H13NO2.